The van der Waals surface area contributed by atoms with E-state index in [1.807, 2.05) is 24.4 Å². The number of nitrogens with two attached hydrogens (primary N) is 1. The molecule has 6 heteroatoms. The van der Waals surface area contributed by atoms with Gasteiger partial charge in [-0.05, 0) is 36.7 Å². The van der Waals surface area contributed by atoms with E-state index in [9.17, 15) is 4.79 Å². The van der Waals surface area contributed by atoms with Crippen molar-refractivity contribution in [2.45, 2.75) is 13.0 Å². The van der Waals surface area contributed by atoms with Gasteiger partial charge in [0.25, 0.3) is 5.91 Å². The average Bonchev–Trinajstić information content (AvgIpc) is 2.52. The molecule has 0 saturated heterocycles. The first-order valence-electron chi connectivity index (χ1n) is 6.86. The number of hydrogen-bond donors (Lipinski definition) is 3. The van der Waals surface area contributed by atoms with Crippen molar-refractivity contribution in [2.24, 2.45) is 5.73 Å². The number of carbonyl (C=O) groups is 1. The maximum Gasteiger partial charge on any atom is 0.267 e. The SMILES string of the molecule is NC(=O)c1cccc(NCCCNCc2cccnc2)n1. The molecule has 4 N–H and O–H groups in total. The fourth-order valence-corrected chi connectivity index (χ4v) is 1.84. The van der Waals surface area contributed by atoms with Gasteiger partial charge in [-0.1, -0.05) is 12.1 Å². The molecule has 0 fully saturated rings. The molecule has 0 aliphatic carbocycles. The molecule has 2 aromatic heterocycles. The number of nitrogens with zero attached hydrogens (tertiary/aromatic N) is 2. The number of nitrogens with one attached hydrogen (secondary N) is 2. The van der Waals surface area contributed by atoms with E-state index < -0.39 is 5.91 Å². The van der Waals surface area contributed by atoms with Gasteiger partial charge in [-0.2, -0.15) is 0 Å². The van der Waals surface area contributed by atoms with E-state index in [4.69, 9.17) is 5.73 Å². The Kier molecular flexibility index (Phi) is 5.66. The molecule has 110 valence electrons. The first-order valence-corrected chi connectivity index (χ1v) is 6.86. The van der Waals surface area contributed by atoms with Crippen molar-refractivity contribution in [1.82, 2.24) is 15.3 Å². The first kappa shape index (κ1) is 14.9. The molecule has 1 amide bonds. The van der Waals surface area contributed by atoms with E-state index >= 15 is 0 Å². The fraction of sp³-hybridized carbons (Fsp3) is 0.267. The highest BCUT2D eigenvalue weighted by Crippen LogP contribution is 2.04. The number of primary amides is 1. The van der Waals surface area contributed by atoms with Crippen LogP contribution in [0.3, 0.4) is 0 Å². The summed E-state index contributed by atoms with van der Waals surface area (Å²) >= 11 is 0. The summed E-state index contributed by atoms with van der Waals surface area (Å²) in [4.78, 5) is 19.2. The second-order valence-electron chi connectivity index (χ2n) is 4.59. The minimum atomic E-state index is -0.517. The van der Waals surface area contributed by atoms with Gasteiger partial charge in [-0.3, -0.25) is 9.78 Å². The number of aromatic nitrogens is 2. The summed E-state index contributed by atoms with van der Waals surface area (Å²) in [5, 5.41) is 6.51. The minimum Gasteiger partial charge on any atom is -0.370 e. The summed E-state index contributed by atoms with van der Waals surface area (Å²) in [5.74, 6) is 0.148. The van der Waals surface area contributed by atoms with Crippen LogP contribution in [0.4, 0.5) is 5.82 Å². The molecule has 0 aromatic carbocycles. The number of pyridine rings is 2. The monoisotopic (exact) mass is 285 g/mol. The Labute approximate surface area is 123 Å². The lowest BCUT2D eigenvalue weighted by atomic mass is 10.3. The van der Waals surface area contributed by atoms with Crippen molar-refractivity contribution in [1.29, 1.82) is 0 Å². The zero-order valence-electron chi connectivity index (χ0n) is 11.7. The molecule has 6 nitrogen and oxygen atoms in total. The van der Waals surface area contributed by atoms with Gasteiger partial charge in [0.1, 0.15) is 11.5 Å². The summed E-state index contributed by atoms with van der Waals surface area (Å²) in [6.07, 6.45) is 4.56. The van der Waals surface area contributed by atoms with Gasteiger partial charge in [-0.25, -0.2) is 4.98 Å². The maximum absolute atomic E-state index is 11.0. The molecule has 2 aromatic rings. The number of amides is 1. The van der Waals surface area contributed by atoms with Gasteiger partial charge >= 0.3 is 0 Å². The molecule has 2 rings (SSSR count). The average molecular weight is 285 g/mol. The summed E-state index contributed by atoms with van der Waals surface area (Å²) in [6, 6.07) is 9.14. The molecule has 0 atom stereocenters. The number of carbonyl (C=O) groups excluding carboxylic acids is 1. The summed E-state index contributed by atoms with van der Waals surface area (Å²) in [5.41, 5.74) is 6.63. The lowest BCUT2D eigenvalue weighted by Gasteiger charge is -2.07. The summed E-state index contributed by atoms with van der Waals surface area (Å²) in [7, 11) is 0. The second kappa shape index (κ2) is 7.96. The predicted octanol–water partition coefficient (Wildman–Crippen LogP) is 1.17. The van der Waals surface area contributed by atoms with Crippen LogP contribution < -0.4 is 16.4 Å². The summed E-state index contributed by atoms with van der Waals surface area (Å²) < 4.78 is 0. The largest absolute Gasteiger partial charge is 0.370 e. The Balaban J connectivity index is 1.64. The first-order chi connectivity index (χ1) is 10.3. The van der Waals surface area contributed by atoms with Crippen molar-refractivity contribution < 1.29 is 4.79 Å². The van der Waals surface area contributed by atoms with Crippen LogP contribution in [0.2, 0.25) is 0 Å². The van der Waals surface area contributed by atoms with Crippen molar-refractivity contribution >= 4 is 11.7 Å². The smallest absolute Gasteiger partial charge is 0.267 e. The normalized spacial score (nSPS) is 10.3. The van der Waals surface area contributed by atoms with Crippen LogP contribution in [0.1, 0.15) is 22.5 Å². The van der Waals surface area contributed by atoms with E-state index in [0.717, 1.165) is 26.1 Å². The van der Waals surface area contributed by atoms with Crippen LogP contribution in [-0.4, -0.2) is 29.0 Å². The second-order valence-corrected chi connectivity index (χ2v) is 4.59. The minimum absolute atomic E-state index is 0.273. The zero-order valence-corrected chi connectivity index (χ0v) is 11.7. The van der Waals surface area contributed by atoms with E-state index in [2.05, 4.69) is 20.6 Å². The van der Waals surface area contributed by atoms with Crippen LogP contribution in [0.15, 0.2) is 42.7 Å². The highest BCUT2D eigenvalue weighted by atomic mass is 16.1. The van der Waals surface area contributed by atoms with Gasteiger partial charge < -0.3 is 16.4 Å². The molecule has 21 heavy (non-hydrogen) atoms. The van der Waals surface area contributed by atoms with Gasteiger partial charge in [0.05, 0.1) is 0 Å². The van der Waals surface area contributed by atoms with Crippen LogP contribution in [-0.2, 0) is 6.54 Å². The van der Waals surface area contributed by atoms with Crippen molar-refractivity contribution in [2.75, 3.05) is 18.4 Å². The van der Waals surface area contributed by atoms with Crippen LogP contribution in [0, 0.1) is 0 Å². The third-order valence-electron chi connectivity index (χ3n) is 2.89. The van der Waals surface area contributed by atoms with Gasteiger partial charge in [0.15, 0.2) is 0 Å². The standard InChI is InChI=1S/C15H19N5O/c16-15(21)13-5-1-6-14(20-13)19-9-3-8-18-11-12-4-2-7-17-10-12/h1-2,4-7,10,18H,3,8-9,11H2,(H2,16,21)(H,19,20). The molecule has 0 saturated carbocycles. The van der Waals surface area contributed by atoms with E-state index in [1.54, 1.807) is 18.3 Å². The Morgan fingerprint density at radius 1 is 1.19 bits per heavy atom. The highest BCUT2D eigenvalue weighted by Gasteiger charge is 2.02. The maximum atomic E-state index is 11.0. The molecular weight excluding hydrogens is 266 g/mol. The lowest BCUT2D eigenvalue weighted by molar-refractivity contribution is 0.0995. The number of hydrogen-bond acceptors (Lipinski definition) is 5. The van der Waals surface area contributed by atoms with E-state index in [-0.39, 0.29) is 5.69 Å². The van der Waals surface area contributed by atoms with Crippen LogP contribution in [0.5, 0.6) is 0 Å². The molecule has 0 aliphatic heterocycles. The van der Waals surface area contributed by atoms with Crippen LogP contribution >= 0.6 is 0 Å². The fourth-order valence-electron chi connectivity index (χ4n) is 1.84. The van der Waals surface area contributed by atoms with Gasteiger partial charge in [-0.15, -0.1) is 0 Å². The highest BCUT2D eigenvalue weighted by molar-refractivity contribution is 5.91. The molecule has 0 radical (unpaired) electrons. The third-order valence-corrected chi connectivity index (χ3v) is 2.89. The predicted molar refractivity (Wildman–Crippen MR) is 81.8 cm³/mol. The van der Waals surface area contributed by atoms with E-state index in [1.165, 1.54) is 5.56 Å². The Morgan fingerprint density at radius 2 is 2.10 bits per heavy atom. The topological polar surface area (TPSA) is 92.9 Å². The Hall–Kier alpha value is -2.47. The van der Waals surface area contributed by atoms with E-state index in [0.29, 0.717) is 5.82 Å². The van der Waals surface area contributed by atoms with Crippen LogP contribution in [0.25, 0.3) is 0 Å². The number of anilines is 1. The lowest BCUT2D eigenvalue weighted by Crippen LogP contribution is -2.18. The molecule has 0 aliphatic rings. The Morgan fingerprint density at radius 3 is 2.86 bits per heavy atom. The third kappa shape index (κ3) is 5.19. The zero-order chi connectivity index (χ0) is 14.9. The van der Waals surface area contributed by atoms with Gasteiger partial charge in [0, 0.05) is 25.5 Å². The van der Waals surface area contributed by atoms with Crippen molar-refractivity contribution in [3.63, 3.8) is 0 Å². The van der Waals surface area contributed by atoms with Crippen molar-refractivity contribution in [3.05, 3.63) is 54.0 Å². The Bertz CT molecular complexity index is 573. The molecule has 0 bridgehead atoms. The number of rotatable bonds is 8. The molecular formula is C15H19N5O. The molecule has 0 unspecified atom stereocenters. The molecule has 0 spiro atoms. The quantitative estimate of drug-likeness (QED) is 0.633. The van der Waals surface area contributed by atoms with Crippen molar-refractivity contribution in [3.8, 4) is 0 Å². The van der Waals surface area contributed by atoms with Gasteiger partial charge in [0.2, 0.25) is 0 Å². The summed E-state index contributed by atoms with van der Waals surface area (Å²) in [6.45, 7) is 2.47. The molecule has 2 heterocycles.